The summed E-state index contributed by atoms with van der Waals surface area (Å²) in [6.45, 7) is 10.1. The topological polar surface area (TPSA) is 43.9 Å². The van der Waals surface area contributed by atoms with E-state index in [-0.39, 0.29) is 28.7 Å². The second-order valence-electron chi connectivity index (χ2n) is 9.91. The molecule has 6 heteroatoms. The van der Waals surface area contributed by atoms with Gasteiger partial charge in [0.1, 0.15) is 0 Å². The maximum atomic E-state index is 13.0. The van der Waals surface area contributed by atoms with Gasteiger partial charge in [0.2, 0.25) is 0 Å². The molecular weight excluding hydrogens is 374 g/mol. The molecule has 1 saturated carbocycles. The summed E-state index contributed by atoms with van der Waals surface area (Å²) in [5.74, 6) is -0.637. The molecule has 2 aliphatic heterocycles. The Kier molecular flexibility index (Phi) is 4.85. The zero-order valence-corrected chi connectivity index (χ0v) is 17.8. The van der Waals surface area contributed by atoms with Crippen molar-refractivity contribution in [2.75, 3.05) is 37.6 Å². The molecule has 2 bridgehead atoms. The van der Waals surface area contributed by atoms with E-state index in [0.29, 0.717) is 37.7 Å². The number of halogens is 1. The lowest BCUT2D eigenvalue weighted by atomic mass is 9.65. The molecule has 4 rings (SSSR count). The van der Waals surface area contributed by atoms with E-state index in [1.807, 2.05) is 29.2 Å². The molecule has 2 unspecified atom stereocenters. The number of nitrogens with zero attached hydrogens (tertiary/aromatic N) is 3. The fourth-order valence-corrected chi connectivity index (χ4v) is 5.98. The van der Waals surface area contributed by atoms with Crippen molar-refractivity contribution in [1.29, 1.82) is 0 Å². The number of hydrogen-bond acceptors (Lipinski definition) is 3. The highest BCUT2D eigenvalue weighted by molar-refractivity contribution is 6.35. The maximum absolute atomic E-state index is 13.0. The van der Waals surface area contributed by atoms with Crippen LogP contribution >= 0.6 is 11.6 Å². The summed E-state index contributed by atoms with van der Waals surface area (Å²) in [5, 5.41) is 0.711. The fraction of sp³-hybridized carbons (Fsp3) is 0.636. The first-order chi connectivity index (χ1) is 13.2. The molecule has 2 heterocycles. The lowest BCUT2D eigenvalue weighted by Crippen LogP contribution is -2.54. The first-order valence-electron chi connectivity index (χ1n) is 10.3. The van der Waals surface area contributed by atoms with E-state index in [0.717, 1.165) is 24.9 Å². The lowest BCUT2D eigenvalue weighted by Gasteiger charge is -2.39. The summed E-state index contributed by atoms with van der Waals surface area (Å²) in [5.41, 5.74) is 1.45. The maximum Gasteiger partial charge on any atom is 0.312 e. The molecule has 3 fully saturated rings. The number of carbonyl (C=O) groups excluding carboxylic acids is 2. The van der Waals surface area contributed by atoms with Gasteiger partial charge in [0.05, 0.1) is 0 Å². The van der Waals surface area contributed by atoms with E-state index in [4.69, 9.17) is 11.6 Å². The number of piperazine rings is 1. The number of benzene rings is 1. The third-order valence-corrected chi connectivity index (χ3v) is 6.83. The van der Waals surface area contributed by atoms with Crippen LogP contribution in [0.2, 0.25) is 5.02 Å². The normalized spacial score (nSPS) is 29.1. The van der Waals surface area contributed by atoms with Crippen molar-refractivity contribution in [3.05, 3.63) is 29.3 Å². The van der Waals surface area contributed by atoms with Gasteiger partial charge in [0, 0.05) is 49.5 Å². The molecule has 0 spiro atoms. The smallest absolute Gasteiger partial charge is 0.312 e. The molecule has 5 nitrogen and oxygen atoms in total. The number of likely N-dealkylation sites (tertiary alicyclic amines) is 1. The van der Waals surface area contributed by atoms with Gasteiger partial charge < -0.3 is 14.7 Å². The summed E-state index contributed by atoms with van der Waals surface area (Å²) in [6, 6.07) is 7.97. The van der Waals surface area contributed by atoms with Crippen molar-refractivity contribution >= 4 is 29.1 Å². The van der Waals surface area contributed by atoms with Gasteiger partial charge in [0.25, 0.3) is 0 Å². The van der Waals surface area contributed by atoms with Crippen LogP contribution < -0.4 is 4.90 Å². The average Bonchev–Trinajstić information content (AvgIpc) is 2.89. The van der Waals surface area contributed by atoms with Crippen LogP contribution in [0, 0.1) is 10.8 Å². The first-order valence-corrected chi connectivity index (χ1v) is 10.6. The SMILES string of the molecule is CC1(C)CC2CC(C)(CN2C(=O)C(=O)N2CCN(c3cccc(Cl)c3)CC2)C1. The largest absolute Gasteiger partial charge is 0.368 e. The Bertz CT molecular complexity index is 788. The van der Waals surface area contributed by atoms with E-state index < -0.39 is 0 Å². The quantitative estimate of drug-likeness (QED) is 0.675. The van der Waals surface area contributed by atoms with Gasteiger partial charge in [-0.15, -0.1) is 0 Å². The van der Waals surface area contributed by atoms with Crippen LogP contribution in [0.1, 0.15) is 40.0 Å². The molecule has 28 heavy (non-hydrogen) atoms. The van der Waals surface area contributed by atoms with Crippen LogP contribution in [0.25, 0.3) is 0 Å². The van der Waals surface area contributed by atoms with Gasteiger partial charge in [-0.1, -0.05) is 38.4 Å². The molecule has 0 radical (unpaired) electrons. The van der Waals surface area contributed by atoms with Gasteiger partial charge in [-0.3, -0.25) is 9.59 Å². The van der Waals surface area contributed by atoms with E-state index in [1.54, 1.807) is 4.90 Å². The second kappa shape index (κ2) is 6.94. The van der Waals surface area contributed by atoms with Gasteiger partial charge >= 0.3 is 11.8 Å². The zero-order chi connectivity index (χ0) is 20.1. The monoisotopic (exact) mass is 403 g/mol. The Morgan fingerprint density at radius 2 is 1.75 bits per heavy atom. The molecule has 2 saturated heterocycles. The molecule has 0 aromatic heterocycles. The minimum absolute atomic E-state index is 0.146. The van der Waals surface area contributed by atoms with Crippen molar-refractivity contribution in [3.63, 3.8) is 0 Å². The van der Waals surface area contributed by atoms with Crippen LogP contribution in [0.4, 0.5) is 5.69 Å². The van der Waals surface area contributed by atoms with Gasteiger partial charge in [-0.25, -0.2) is 0 Å². The third-order valence-electron chi connectivity index (χ3n) is 6.60. The Labute approximate surface area is 172 Å². The molecule has 1 aliphatic carbocycles. The van der Waals surface area contributed by atoms with Gasteiger partial charge in [-0.05, 0) is 48.3 Å². The number of carbonyl (C=O) groups is 2. The summed E-state index contributed by atoms with van der Waals surface area (Å²) in [7, 11) is 0. The zero-order valence-electron chi connectivity index (χ0n) is 17.1. The Morgan fingerprint density at radius 1 is 1.04 bits per heavy atom. The second-order valence-corrected chi connectivity index (χ2v) is 10.3. The van der Waals surface area contributed by atoms with E-state index in [1.165, 1.54) is 0 Å². The first kappa shape index (κ1) is 19.6. The van der Waals surface area contributed by atoms with Crippen LogP contribution in [0.15, 0.2) is 24.3 Å². The summed E-state index contributed by atoms with van der Waals surface area (Å²) < 4.78 is 0. The van der Waals surface area contributed by atoms with Crippen LogP contribution in [0.3, 0.4) is 0 Å². The average molecular weight is 404 g/mol. The van der Waals surface area contributed by atoms with Crippen molar-refractivity contribution in [3.8, 4) is 0 Å². The molecule has 152 valence electrons. The Balaban J connectivity index is 1.39. The van der Waals surface area contributed by atoms with Gasteiger partial charge in [0.15, 0.2) is 0 Å². The van der Waals surface area contributed by atoms with Crippen molar-refractivity contribution < 1.29 is 9.59 Å². The van der Waals surface area contributed by atoms with E-state index in [2.05, 4.69) is 25.7 Å². The molecule has 1 aromatic rings. The predicted octanol–water partition coefficient (Wildman–Crippen LogP) is 3.42. The summed E-state index contributed by atoms with van der Waals surface area (Å²) in [6.07, 6.45) is 3.13. The highest BCUT2D eigenvalue weighted by atomic mass is 35.5. The third kappa shape index (κ3) is 3.73. The highest BCUT2D eigenvalue weighted by Crippen LogP contribution is 2.52. The number of amides is 2. The fourth-order valence-electron chi connectivity index (χ4n) is 5.80. The van der Waals surface area contributed by atoms with Gasteiger partial charge in [-0.2, -0.15) is 0 Å². The Hall–Kier alpha value is -1.75. The van der Waals surface area contributed by atoms with Crippen LogP contribution in [0.5, 0.6) is 0 Å². The highest BCUT2D eigenvalue weighted by Gasteiger charge is 2.52. The number of rotatable bonds is 1. The van der Waals surface area contributed by atoms with Crippen molar-refractivity contribution in [2.24, 2.45) is 10.8 Å². The summed E-state index contributed by atoms with van der Waals surface area (Å²) >= 11 is 6.09. The summed E-state index contributed by atoms with van der Waals surface area (Å²) in [4.78, 5) is 31.8. The standard InChI is InChI=1S/C22H30ClN3O2/c1-21(2)12-18-13-22(3,14-21)15-26(18)20(28)19(27)25-9-7-24(8-10-25)17-6-4-5-16(23)11-17/h4-6,11,18H,7-10,12-15H2,1-3H3. The van der Waals surface area contributed by atoms with E-state index in [9.17, 15) is 9.59 Å². The molecule has 2 atom stereocenters. The van der Waals surface area contributed by atoms with Crippen molar-refractivity contribution in [1.82, 2.24) is 9.80 Å². The van der Waals surface area contributed by atoms with Crippen molar-refractivity contribution in [2.45, 2.75) is 46.1 Å². The molecule has 2 amide bonds. The Morgan fingerprint density at radius 3 is 2.43 bits per heavy atom. The number of anilines is 1. The number of fused-ring (bicyclic) bond motifs is 2. The minimum Gasteiger partial charge on any atom is -0.368 e. The molecule has 0 N–H and O–H groups in total. The predicted molar refractivity (Wildman–Crippen MR) is 111 cm³/mol. The molecule has 3 aliphatic rings. The lowest BCUT2D eigenvalue weighted by molar-refractivity contribution is -0.152. The number of hydrogen-bond donors (Lipinski definition) is 0. The van der Waals surface area contributed by atoms with Crippen LogP contribution in [-0.4, -0.2) is 60.4 Å². The van der Waals surface area contributed by atoms with E-state index >= 15 is 0 Å². The van der Waals surface area contributed by atoms with Crippen LogP contribution in [-0.2, 0) is 9.59 Å². The minimum atomic E-state index is -0.334. The molecule has 1 aromatic carbocycles. The molecular formula is C22H30ClN3O2.